The molecule has 0 spiro atoms. The van der Waals surface area contributed by atoms with Crippen LogP contribution in [-0.4, -0.2) is 22.1 Å². The molecule has 1 amide bonds. The van der Waals surface area contributed by atoms with Gasteiger partial charge in [-0.05, 0) is 18.4 Å². The molecule has 0 N–H and O–H groups in total. The van der Waals surface area contributed by atoms with Crippen molar-refractivity contribution >= 4 is 22.5 Å². The second-order valence-electron chi connectivity index (χ2n) is 4.50. The van der Waals surface area contributed by atoms with Crippen LogP contribution in [0.25, 0.3) is 10.8 Å². The fourth-order valence-corrected chi connectivity index (χ4v) is 2.36. The maximum atomic E-state index is 12.5. The summed E-state index contributed by atoms with van der Waals surface area (Å²) in [4.78, 5) is 18.2. The Morgan fingerprint density at radius 2 is 2.00 bits per heavy atom. The van der Waals surface area contributed by atoms with Gasteiger partial charge < -0.3 is 0 Å². The van der Waals surface area contributed by atoms with Crippen LogP contribution in [0, 0.1) is 0 Å². The molecule has 3 rings (SSSR count). The van der Waals surface area contributed by atoms with Gasteiger partial charge >= 0.3 is 6.03 Å². The van der Waals surface area contributed by atoms with Crippen molar-refractivity contribution in [3.8, 4) is 0 Å². The fourth-order valence-electron chi connectivity index (χ4n) is 2.36. The van der Waals surface area contributed by atoms with E-state index in [1.807, 2.05) is 49.4 Å². The number of hydrogen-bond donors (Lipinski definition) is 0. The molecule has 0 aliphatic heterocycles. The Hall–Kier alpha value is -2.62. The predicted molar refractivity (Wildman–Crippen MR) is 80.0 cm³/mol. The van der Waals surface area contributed by atoms with Gasteiger partial charge in [0.25, 0.3) is 0 Å². The smallest absolute Gasteiger partial charge is 0.293 e. The molecule has 0 aliphatic rings. The third kappa shape index (κ3) is 2.05. The van der Waals surface area contributed by atoms with Gasteiger partial charge in [0.1, 0.15) is 6.33 Å². The summed E-state index contributed by atoms with van der Waals surface area (Å²) in [7, 11) is 0. The van der Waals surface area contributed by atoms with Gasteiger partial charge in [-0.3, -0.25) is 9.47 Å². The Labute approximate surface area is 117 Å². The molecule has 0 saturated heterocycles. The molecule has 0 radical (unpaired) electrons. The molecule has 0 saturated carbocycles. The van der Waals surface area contributed by atoms with E-state index in [0.29, 0.717) is 6.54 Å². The van der Waals surface area contributed by atoms with E-state index in [0.717, 1.165) is 16.5 Å². The molecule has 3 aromatic rings. The molecule has 1 aromatic heterocycles. The maximum Gasteiger partial charge on any atom is 0.333 e. The zero-order valence-corrected chi connectivity index (χ0v) is 11.2. The molecule has 4 heteroatoms. The standard InChI is InChI=1S/C16H15N3O/c1-2-19(16(20)18-11-10-17-12-18)15-9-5-7-13-6-3-4-8-14(13)15/h3-12H,2H2,1H3. The van der Waals surface area contributed by atoms with E-state index in [9.17, 15) is 4.79 Å². The number of fused-ring (bicyclic) bond motifs is 1. The maximum absolute atomic E-state index is 12.5. The van der Waals surface area contributed by atoms with E-state index in [4.69, 9.17) is 0 Å². The van der Waals surface area contributed by atoms with Crippen molar-refractivity contribution in [2.75, 3.05) is 11.4 Å². The molecule has 0 fully saturated rings. The molecule has 2 aromatic carbocycles. The summed E-state index contributed by atoms with van der Waals surface area (Å²) in [6, 6.07) is 14.0. The average Bonchev–Trinajstić information content (AvgIpc) is 3.02. The zero-order chi connectivity index (χ0) is 13.9. The van der Waals surface area contributed by atoms with Crippen LogP contribution in [0.1, 0.15) is 6.92 Å². The van der Waals surface area contributed by atoms with Gasteiger partial charge in [-0.15, -0.1) is 0 Å². The first-order chi connectivity index (χ1) is 9.81. The number of anilines is 1. The molecule has 4 nitrogen and oxygen atoms in total. The van der Waals surface area contributed by atoms with Crippen molar-refractivity contribution in [2.24, 2.45) is 0 Å². The lowest BCUT2D eigenvalue weighted by Gasteiger charge is -2.22. The first-order valence-corrected chi connectivity index (χ1v) is 6.59. The van der Waals surface area contributed by atoms with E-state index in [1.54, 1.807) is 17.3 Å². The summed E-state index contributed by atoms with van der Waals surface area (Å²) < 4.78 is 1.49. The number of amides is 1. The van der Waals surface area contributed by atoms with Crippen LogP contribution < -0.4 is 4.90 Å². The Morgan fingerprint density at radius 3 is 2.75 bits per heavy atom. The van der Waals surface area contributed by atoms with Gasteiger partial charge in [-0.25, -0.2) is 9.78 Å². The molecular weight excluding hydrogens is 250 g/mol. The fraction of sp³-hybridized carbons (Fsp3) is 0.125. The number of carbonyl (C=O) groups excluding carboxylic acids is 1. The number of aromatic nitrogens is 2. The van der Waals surface area contributed by atoms with Gasteiger partial charge in [0.05, 0.1) is 5.69 Å². The van der Waals surface area contributed by atoms with E-state index in [1.165, 1.54) is 10.9 Å². The second kappa shape index (κ2) is 5.17. The van der Waals surface area contributed by atoms with E-state index >= 15 is 0 Å². The van der Waals surface area contributed by atoms with Crippen LogP contribution in [0.15, 0.2) is 61.2 Å². The Kier molecular flexibility index (Phi) is 3.21. The minimum atomic E-state index is -0.0960. The molecule has 100 valence electrons. The largest absolute Gasteiger partial charge is 0.333 e. The number of hydrogen-bond acceptors (Lipinski definition) is 2. The monoisotopic (exact) mass is 265 g/mol. The molecule has 20 heavy (non-hydrogen) atoms. The summed E-state index contributed by atoms with van der Waals surface area (Å²) >= 11 is 0. The minimum Gasteiger partial charge on any atom is -0.293 e. The van der Waals surface area contributed by atoms with Gasteiger partial charge in [-0.1, -0.05) is 36.4 Å². The third-order valence-electron chi connectivity index (χ3n) is 3.33. The van der Waals surface area contributed by atoms with Crippen LogP contribution in [0.3, 0.4) is 0 Å². The number of benzene rings is 2. The number of imidazole rings is 1. The highest BCUT2D eigenvalue weighted by molar-refractivity contribution is 6.03. The third-order valence-corrected chi connectivity index (χ3v) is 3.33. The summed E-state index contributed by atoms with van der Waals surface area (Å²) in [5.41, 5.74) is 0.921. The molecule has 0 aliphatic carbocycles. The molecular formula is C16H15N3O. The lowest BCUT2D eigenvalue weighted by atomic mass is 10.1. The van der Waals surface area contributed by atoms with Gasteiger partial charge in [0, 0.05) is 24.3 Å². The van der Waals surface area contributed by atoms with Crippen molar-refractivity contribution < 1.29 is 4.79 Å². The van der Waals surface area contributed by atoms with E-state index < -0.39 is 0 Å². The van der Waals surface area contributed by atoms with Gasteiger partial charge in [0.2, 0.25) is 0 Å². The molecule has 0 unspecified atom stereocenters. The lowest BCUT2D eigenvalue weighted by molar-refractivity contribution is 0.248. The Morgan fingerprint density at radius 1 is 1.20 bits per heavy atom. The summed E-state index contributed by atoms with van der Waals surface area (Å²) in [5.74, 6) is 0. The van der Waals surface area contributed by atoms with E-state index in [2.05, 4.69) is 4.98 Å². The van der Waals surface area contributed by atoms with E-state index in [-0.39, 0.29) is 6.03 Å². The Balaban J connectivity index is 2.10. The number of nitrogens with zero attached hydrogens (tertiary/aromatic N) is 3. The van der Waals surface area contributed by atoms with Crippen LogP contribution in [0.5, 0.6) is 0 Å². The first-order valence-electron chi connectivity index (χ1n) is 6.59. The summed E-state index contributed by atoms with van der Waals surface area (Å²) in [5, 5.41) is 2.20. The molecule has 1 heterocycles. The normalized spacial score (nSPS) is 10.7. The van der Waals surface area contributed by atoms with Crippen molar-refractivity contribution in [1.82, 2.24) is 9.55 Å². The summed E-state index contributed by atoms with van der Waals surface area (Å²) in [6.07, 6.45) is 4.79. The molecule has 0 atom stereocenters. The highest BCUT2D eigenvalue weighted by Crippen LogP contribution is 2.27. The van der Waals surface area contributed by atoms with Crippen LogP contribution in [-0.2, 0) is 0 Å². The average molecular weight is 265 g/mol. The van der Waals surface area contributed by atoms with Crippen molar-refractivity contribution in [1.29, 1.82) is 0 Å². The second-order valence-corrected chi connectivity index (χ2v) is 4.50. The summed E-state index contributed by atoms with van der Waals surface area (Å²) in [6.45, 7) is 2.57. The van der Waals surface area contributed by atoms with Crippen molar-refractivity contribution in [2.45, 2.75) is 6.92 Å². The quantitative estimate of drug-likeness (QED) is 0.711. The van der Waals surface area contributed by atoms with Crippen LogP contribution >= 0.6 is 0 Å². The highest BCUT2D eigenvalue weighted by Gasteiger charge is 2.17. The van der Waals surface area contributed by atoms with Crippen molar-refractivity contribution in [3.05, 3.63) is 61.2 Å². The zero-order valence-electron chi connectivity index (χ0n) is 11.2. The van der Waals surface area contributed by atoms with Crippen molar-refractivity contribution in [3.63, 3.8) is 0 Å². The number of rotatable bonds is 2. The first kappa shape index (κ1) is 12.4. The lowest BCUT2D eigenvalue weighted by Crippen LogP contribution is -2.34. The van der Waals surface area contributed by atoms with Crippen LogP contribution in [0.4, 0.5) is 10.5 Å². The van der Waals surface area contributed by atoms with Crippen LogP contribution in [0.2, 0.25) is 0 Å². The molecule has 0 bridgehead atoms. The topological polar surface area (TPSA) is 38.1 Å². The SMILES string of the molecule is CCN(C(=O)n1ccnc1)c1cccc2ccccc12. The van der Waals surface area contributed by atoms with Gasteiger partial charge in [0.15, 0.2) is 0 Å². The Bertz CT molecular complexity index is 729. The predicted octanol–water partition coefficient (Wildman–Crippen LogP) is 3.53. The minimum absolute atomic E-state index is 0.0960. The number of carbonyl (C=O) groups is 1. The highest BCUT2D eigenvalue weighted by atomic mass is 16.2. The van der Waals surface area contributed by atoms with Gasteiger partial charge in [-0.2, -0.15) is 0 Å².